The van der Waals surface area contributed by atoms with E-state index >= 15 is 0 Å². The molecule has 5 N–H and O–H groups in total. The molecular weight excluding hydrogens is 702 g/mol. The largest absolute Gasteiger partial charge is 0.502 e. The molecule has 1 heterocycles. The molecule has 0 fully saturated rings. The van der Waals surface area contributed by atoms with Crippen molar-refractivity contribution in [1.29, 1.82) is 0 Å². The molecule has 0 unspecified atom stereocenters. The monoisotopic (exact) mass is 751 g/mol. The average molecular weight is 752 g/mol. The second-order valence-corrected chi connectivity index (χ2v) is 15.6. The first-order valence-electron chi connectivity index (χ1n) is 18.2. The average Bonchev–Trinajstić information content (AvgIpc) is 3.86. The molecule has 6 rings (SSSR count). The lowest BCUT2D eigenvalue weighted by Crippen LogP contribution is -2.34. The van der Waals surface area contributed by atoms with E-state index in [1.54, 1.807) is 18.2 Å². The highest BCUT2D eigenvalue weighted by atomic mass is 16.6. The normalized spacial score (nSPS) is 16.3. The Labute approximate surface area is 321 Å². The van der Waals surface area contributed by atoms with Crippen LogP contribution in [0.5, 0.6) is 5.75 Å². The highest BCUT2D eigenvalue weighted by Gasteiger charge is 2.30. The topological polar surface area (TPSA) is 188 Å². The SMILES string of the molecule is CC(C)(C)OC(=O)N[C@@H]1CCc2c(C(N)=NO)cccc21.[C-]#[N+]c1cc(-c2nc(-c3cccc4c3CC[C@@H]4NC(=O)OC(C)(C)C)no2)ccc1OC(C)C. The second-order valence-electron chi connectivity index (χ2n) is 15.6. The fourth-order valence-corrected chi connectivity index (χ4v) is 6.55. The number of nitrogens with two attached hydrogens (primary N) is 1. The summed E-state index contributed by atoms with van der Waals surface area (Å²) in [6.07, 6.45) is 2.18. The minimum atomic E-state index is -0.555. The summed E-state index contributed by atoms with van der Waals surface area (Å²) in [7, 11) is 0. The summed E-state index contributed by atoms with van der Waals surface area (Å²) in [4.78, 5) is 32.3. The molecule has 0 spiro atoms. The van der Waals surface area contributed by atoms with E-state index in [1.807, 2.05) is 91.8 Å². The first-order chi connectivity index (χ1) is 26.0. The van der Waals surface area contributed by atoms with Gasteiger partial charge >= 0.3 is 12.2 Å². The van der Waals surface area contributed by atoms with Crippen molar-refractivity contribution in [3.8, 4) is 28.6 Å². The Hall–Kier alpha value is -6.10. The zero-order valence-corrected chi connectivity index (χ0v) is 32.5. The van der Waals surface area contributed by atoms with Gasteiger partial charge in [-0.3, -0.25) is 0 Å². The minimum Gasteiger partial charge on any atom is -0.502 e. The summed E-state index contributed by atoms with van der Waals surface area (Å²) < 4.78 is 21.9. The number of hydrogen-bond donors (Lipinski definition) is 4. The number of alkyl carbamates (subject to hydrolysis) is 2. The van der Waals surface area contributed by atoms with Crippen LogP contribution in [0.3, 0.4) is 0 Å². The highest BCUT2D eigenvalue weighted by molar-refractivity contribution is 5.99. The molecule has 0 saturated heterocycles. The van der Waals surface area contributed by atoms with Crippen molar-refractivity contribution in [1.82, 2.24) is 20.8 Å². The predicted octanol–water partition coefficient (Wildman–Crippen LogP) is 8.55. The van der Waals surface area contributed by atoms with E-state index in [4.69, 9.17) is 36.2 Å². The van der Waals surface area contributed by atoms with Gasteiger partial charge in [0.1, 0.15) is 17.0 Å². The van der Waals surface area contributed by atoms with Crippen LogP contribution in [-0.4, -0.2) is 50.7 Å². The molecule has 1 aromatic heterocycles. The third kappa shape index (κ3) is 10.1. The van der Waals surface area contributed by atoms with E-state index < -0.39 is 23.4 Å². The lowest BCUT2D eigenvalue weighted by molar-refractivity contribution is 0.0492. The van der Waals surface area contributed by atoms with Crippen LogP contribution in [0.15, 0.2) is 64.3 Å². The van der Waals surface area contributed by atoms with E-state index in [1.165, 1.54) is 0 Å². The lowest BCUT2D eigenvalue weighted by Gasteiger charge is -2.22. The Morgan fingerprint density at radius 1 is 0.927 bits per heavy atom. The summed E-state index contributed by atoms with van der Waals surface area (Å²) in [6.45, 7) is 22.3. The lowest BCUT2D eigenvalue weighted by atomic mass is 10.0. The van der Waals surface area contributed by atoms with Crippen molar-refractivity contribution >= 4 is 23.7 Å². The molecule has 2 atom stereocenters. The summed E-state index contributed by atoms with van der Waals surface area (Å²) in [5, 5.41) is 21.9. The Kier molecular flexibility index (Phi) is 12.0. The molecule has 2 amide bonds. The number of nitrogens with one attached hydrogen (secondary N) is 2. The Bertz CT molecular complexity index is 2100. The number of nitrogens with zero attached hydrogens (tertiary/aromatic N) is 4. The number of benzene rings is 3. The molecular formula is C41H49N7O7. The molecule has 0 aliphatic heterocycles. The molecule has 14 nitrogen and oxygen atoms in total. The van der Waals surface area contributed by atoms with Crippen LogP contribution in [0, 0.1) is 6.57 Å². The van der Waals surface area contributed by atoms with Crippen LogP contribution < -0.4 is 21.1 Å². The number of oxime groups is 1. The van der Waals surface area contributed by atoms with E-state index in [2.05, 4.69) is 30.8 Å². The van der Waals surface area contributed by atoms with Gasteiger partial charge in [0, 0.05) is 16.7 Å². The number of fused-ring (bicyclic) bond motifs is 2. The maximum absolute atomic E-state index is 12.3. The van der Waals surface area contributed by atoms with Crippen molar-refractivity contribution in [2.45, 2.75) is 110 Å². The van der Waals surface area contributed by atoms with Gasteiger partial charge < -0.3 is 40.3 Å². The van der Waals surface area contributed by atoms with Gasteiger partial charge in [0.15, 0.2) is 5.84 Å². The van der Waals surface area contributed by atoms with Crippen molar-refractivity contribution in [2.75, 3.05) is 0 Å². The highest BCUT2D eigenvalue weighted by Crippen LogP contribution is 2.39. The smallest absolute Gasteiger partial charge is 0.408 e. The number of carbonyl (C=O) groups is 2. The Morgan fingerprint density at radius 3 is 2.07 bits per heavy atom. The molecule has 3 aromatic carbocycles. The molecule has 2 aliphatic rings. The molecule has 2 aliphatic carbocycles. The summed E-state index contributed by atoms with van der Waals surface area (Å²) in [5.41, 5.74) is 11.3. The summed E-state index contributed by atoms with van der Waals surface area (Å²) in [5.74, 6) is 1.41. The van der Waals surface area contributed by atoms with Gasteiger partial charge in [0.05, 0.1) is 24.8 Å². The van der Waals surface area contributed by atoms with Gasteiger partial charge in [-0.2, -0.15) is 4.98 Å². The predicted molar refractivity (Wildman–Crippen MR) is 207 cm³/mol. The number of amidine groups is 1. The standard InChI is InChI=1S/C26H28N4O4.C15H21N3O3/c1-15(2)32-22-13-10-16(14-21(22)27-6)24-29-23(30-34-24)19-9-7-8-18-17(19)11-12-20(18)28-25(31)33-26(3,4)5;1-15(2,3)21-14(19)17-12-8-7-9-10(12)5-4-6-11(9)13(16)18-20/h7-10,13-15,20H,11-12H2,1-5H3,(H,28,31);4-6,12,20H,7-8H2,1-3H3,(H2,16,18)(H,17,19)/t20-;12-/m01/s1. The third-order valence-corrected chi connectivity index (χ3v) is 8.66. The maximum Gasteiger partial charge on any atom is 0.408 e. The van der Waals surface area contributed by atoms with E-state index in [0.29, 0.717) is 34.3 Å². The van der Waals surface area contributed by atoms with Crippen LogP contribution in [0.2, 0.25) is 0 Å². The maximum atomic E-state index is 12.3. The summed E-state index contributed by atoms with van der Waals surface area (Å²) >= 11 is 0. The molecule has 290 valence electrons. The fraction of sp³-hybridized carbons (Fsp3) is 0.415. The van der Waals surface area contributed by atoms with Crippen LogP contribution in [0.25, 0.3) is 27.7 Å². The number of carbonyl (C=O) groups excluding carboxylic acids is 2. The third-order valence-electron chi connectivity index (χ3n) is 8.66. The van der Waals surface area contributed by atoms with E-state index in [0.717, 1.165) is 53.5 Å². The first kappa shape index (κ1) is 40.1. The second kappa shape index (κ2) is 16.5. The minimum absolute atomic E-state index is 0.0323. The van der Waals surface area contributed by atoms with Crippen molar-refractivity contribution < 1.29 is 33.5 Å². The molecule has 0 saturated carbocycles. The molecule has 55 heavy (non-hydrogen) atoms. The Balaban J connectivity index is 0.000000237. The molecule has 4 aromatic rings. The van der Waals surface area contributed by atoms with Crippen LogP contribution in [0.1, 0.15) is 108 Å². The number of amides is 2. The Morgan fingerprint density at radius 2 is 1.51 bits per heavy atom. The number of aromatic nitrogens is 2. The van der Waals surface area contributed by atoms with Gasteiger partial charge in [-0.15, -0.1) is 0 Å². The van der Waals surface area contributed by atoms with Gasteiger partial charge in [0.25, 0.3) is 5.89 Å². The number of rotatable bonds is 7. The first-order valence-corrected chi connectivity index (χ1v) is 18.2. The van der Waals surface area contributed by atoms with E-state index in [9.17, 15) is 9.59 Å². The van der Waals surface area contributed by atoms with Crippen LogP contribution in [-0.2, 0) is 22.3 Å². The summed E-state index contributed by atoms with van der Waals surface area (Å²) in [6, 6.07) is 16.5. The van der Waals surface area contributed by atoms with Crippen molar-refractivity contribution in [3.63, 3.8) is 0 Å². The van der Waals surface area contributed by atoms with Gasteiger partial charge in [-0.25, -0.2) is 14.4 Å². The van der Waals surface area contributed by atoms with Crippen LogP contribution in [0.4, 0.5) is 15.3 Å². The zero-order valence-electron chi connectivity index (χ0n) is 32.5. The van der Waals surface area contributed by atoms with Crippen molar-refractivity contribution in [2.24, 2.45) is 10.9 Å². The quantitative estimate of drug-likeness (QED) is 0.0468. The van der Waals surface area contributed by atoms with Gasteiger partial charge in [-0.05, 0) is 122 Å². The van der Waals surface area contributed by atoms with Crippen LogP contribution >= 0.6 is 0 Å². The number of ether oxygens (including phenoxy) is 3. The van der Waals surface area contributed by atoms with Gasteiger partial charge in [0.2, 0.25) is 11.5 Å². The molecule has 14 heteroatoms. The zero-order chi connectivity index (χ0) is 40.1. The number of hydrogen-bond acceptors (Lipinski definition) is 10. The fourth-order valence-electron chi connectivity index (χ4n) is 6.55. The van der Waals surface area contributed by atoms with Gasteiger partial charge in [-0.1, -0.05) is 46.7 Å². The van der Waals surface area contributed by atoms with E-state index in [-0.39, 0.29) is 24.0 Å². The molecule has 0 bridgehead atoms. The van der Waals surface area contributed by atoms with Crippen molar-refractivity contribution in [3.05, 3.63) is 93.8 Å². The molecule has 0 radical (unpaired) electrons.